The number of rotatable bonds is 4. The maximum atomic E-state index is 12.4. The number of hydrogen-bond donors (Lipinski definition) is 0. The minimum absolute atomic E-state index is 0.135. The van der Waals surface area contributed by atoms with Gasteiger partial charge in [0, 0.05) is 55.6 Å². The van der Waals surface area contributed by atoms with Crippen LogP contribution in [-0.2, 0) is 9.53 Å². The van der Waals surface area contributed by atoms with Gasteiger partial charge in [-0.1, -0.05) is 6.07 Å². The molecule has 1 spiro atoms. The van der Waals surface area contributed by atoms with Crippen molar-refractivity contribution in [2.75, 3.05) is 46.9 Å². The Morgan fingerprint density at radius 1 is 1.55 bits per heavy atom. The van der Waals surface area contributed by atoms with Crippen molar-refractivity contribution in [3.05, 3.63) is 28.5 Å². The summed E-state index contributed by atoms with van der Waals surface area (Å²) in [6, 6.07) is 4.03. The lowest BCUT2D eigenvalue weighted by Crippen LogP contribution is -2.37. The normalized spacial score (nSPS) is 29.2. The maximum Gasteiger partial charge on any atom is 0.246 e. The molecule has 2 aliphatic heterocycles. The minimum Gasteiger partial charge on any atom is -0.384 e. The molecule has 0 aromatic carbocycles. The second-order valence-corrected chi connectivity index (χ2v) is 7.55. The van der Waals surface area contributed by atoms with E-state index in [-0.39, 0.29) is 11.3 Å². The van der Waals surface area contributed by atoms with Crippen LogP contribution in [0, 0.1) is 11.3 Å². The van der Waals surface area contributed by atoms with Gasteiger partial charge in [-0.2, -0.15) is 0 Å². The molecule has 0 aliphatic carbocycles. The Balaban J connectivity index is 1.65. The smallest absolute Gasteiger partial charge is 0.246 e. The van der Waals surface area contributed by atoms with E-state index in [1.54, 1.807) is 24.5 Å². The van der Waals surface area contributed by atoms with E-state index in [0.717, 1.165) is 44.1 Å². The van der Waals surface area contributed by atoms with E-state index in [9.17, 15) is 4.79 Å². The van der Waals surface area contributed by atoms with Crippen molar-refractivity contribution in [1.82, 2.24) is 9.80 Å². The monoisotopic (exact) mass is 320 g/mol. The largest absolute Gasteiger partial charge is 0.384 e. The van der Waals surface area contributed by atoms with E-state index in [4.69, 9.17) is 4.74 Å². The van der Waals surface area contributed by atoms with E-state index in [1.807, 2.05) is 28.5 Å². The fraction of sp³-hybridized carbons (Fsp3) is 0.588. The molecular weight excluding hydrogens is 296 g/mol. The summed E-state index contributed by atoms with van der Waals surface area (Å²) >= 11 is 1.65. The van der Waals surface area contributed by atoms with Crippen LogP contribution in [0.2, 0.25) is 0 Å². The standard InChI is InChI=1S/C17H24N2O2S/c1-18-10-14(11-21-2)17(12-18)7-8-19(13-17)16(20)6-5-15-4-3-9-22-15/h3-6,9,14H,7-8,10-13H2,1-2H3/b6-5+/t14-,17-/m0/s1. The van der Waals surface area contributed by atoms with Crippen molar-refractivity contribution in [3.8, 4) is 0 Å². The first-order chi connectivity index (χ1) is 10.6. The van der Waals surface area contributed by atoms with Gasteiger partial charge in [0.2, 0.25) is 5.91 Å². The van der Waals surface area contributed by atoms with E-state index in [0.29, 0.717) is 5.92 Å². The van der Waals surface area contributed by atoms with Gasteiger partial charge in [-0.15, -0.1) is 11.3 Å². The van der Waals surface area contributed by atoms with Crippen LogP contribution in [-0.4, -0.2) is 62.7 Å². The Morgan fingerprint density at radius 3 is 3.14 bits per heavy atom. The first-order valence-corrected chi connectivity index (χ1v) is 8.69. The molecule has 2 atom stereocenters. The van der Waals surface area contributed by atoms with Crippen LogP contribution in [0.15, 0.2) is 23.6 Å². The zero-order valence-electron chi connectivity index (χ0n) is 13.3. The zero-order valence-corrected chi connectivity index (χ0v) is 14.1. The molecule has 4 nitrogen and oxygen atoms in total. The molecule has 0 radical (unpaired) electrons. The lowest BCUT2D eigenvalue weighted by Gasteiger charge is -2.29. The van der Waals surface area contributed by atoms with Crippen LogP contribution in [0.5, 0.6) is 0 Å². The number of carbonyl (C=O) groups is 1. The molecule has 5 heteroatoms. The van der Waals surface area contributed by atoms with E-state index < -0.39 is 0 Å². The number of methoxy groups -OCH3 is 1. The first-order valence-electron chi connectivity index (χ1n) is 7.81. The third kappa shape index (κ3) is 3.12. The van der Waals surface area contributed by atoms with Gasteiger partial charge in [-0.05, 0) is 31.0 Å². The van der Waals surface area contributed by atoms with Crippen LogP contribution in [0.1, 0.15) is 11.3 Å². The van der Waals surface area contributed by atoms with Gasteiger partial charge in [0.05, 0.1) is 6.61 Å². The van der Waals surface area contributed by atoms with Gasteiger partial charge in [0.1, 0.15) is 0 Å². The highest BCUT2D eigenvalue weighted by Crippen LogP contribution is 2.43. The van der Waals surface area contributed by atoms with Crippen LogP contribution in [0.3, 0.4) is 0 Å². The van der Waals surface area contributed by atoms with Crippen molar-refractivity contribution in [1.29, 1.82) is 0 Å². The summed E-state index contributed by atoms with van der Waals surface area (Å²) in [4.78, 5) is 17.9. The molecule has 1 amide bonds. The summed E-state index contributed by atoms with van der Waals surface area (Å²) in [7, 11) is 3.94. The molecule has 3 heterocycles. The number of ether oxygens (including phenoxy) is 1. The Morgan fingerprint density at radius 2 is 2.41 bits per heavy atom. The summed E-state index contributed by atoms with van der Waals surface area (Å²) in [6.07, 6.45) is 4.73. The van der Waals surface area contributed by atoms with Crippen molar-refractivity contribution in [2.24, 2.45) is 11.3 Å². The quantitative estimate of drug-likeness (QED) is 0.797. The topological polar surface area (TPSA) is 32.8 Å². The number of amides is 1. The number of carbonyl (C=O) groups excluding carboxylic acids is 1. The zero-order chi connectivity index (χ0) is 15.6. The van der Waals surface area contributed by atoms with Gasteiger partial charge in [-0.25, -0.2) is 0 Å². The Kier molecular flexibility index (Phi) is 4.66. The average molecular weight is 320 g/mol. The number of likely N-dealkylation sites (tertiary alicyclic amines) is 2. The molecule has 0 saturated carbocycles. The minimum atomic E-state index is 0.135. The molecule has 1 aromatic heterocycles. The molecule has 3 rings (SSSR count). The summed E-state index contributed by atoms with van der Waals surface area (Å²) in [5.41, 5.74) is 0.219. The van der Waals surface area contributed by atoms with Crippen LogP contribution in [0.25, 0.3) is 6.08 Å². The predicted octanol–water partition coefficient (Wildman–Crippen LogP) is 2.19. The molecular formula is C17H24N2O2S. The highest BCUT2D eigenvalue weighted by atomic mass is 32.1. The fourth-order valence-electron chi connectivity index (χ4n) is 3.92. The average Bonchev–Trinajstić information content (AvgIpc) is 3.20. The second-order valence-electron chi connectivity index (χ2n) is 6.57. The maximum absolute atomic E-state index is 12.4. The summed E-state index contributed by atoms with van der Waals surface area (Å²) in [6.45, 7) is 4.65. The van der Waals surface area contributed by atoms with Crippen molar-refractivity contribution >= 4 is 23.3 Å². The molecule has 0 unspecified atom stereocenters. The second kappa shape index (κ2) is 6.52. The number of hydrogen-bond acceptors (Lipinski definition) is 4. The molecule has 2 saturated heterocycles. The predicted molar refractivity (Wildman–Crippen MR) is 89.8 cm³/mol. The summed E-state index contributed by atoms with van der Waals surface area (Å²) in [5, 5.41) is 2.03. The highest BCUT2D eigenvalue weighted by Gasteiger charge is 2.50. The van der Waals surface area contributed by atoms with Gasteiger partial charge in [0.15, 0.2) is 0 Å². The molecule has 2 fully saturated rings. The molecule has 0 bridgehead atoms. The van der Waals surface area contributed by atoms with E-state index in [1.165, 1.54) is 0 Å². The fourth-order valence-corrected chi connectivity index (χ4v) is 4.54. The van der Waals surface area contributed by atoms with E-state index in [2.05, 4.69) is 11.9 Å². The Bertz CT molecular complexity index is 543. The molecule has 0 N–H and O–H groups in total. The third-order valence-corrected chi connectivity index (χ3v) is 5.82. The Labute approximate surface area is 136 Å². The Hall–Kier alpha value is -1.17. The van der Waals surface area contributed by atoms with Crippen LogP contribution >= 0.6 is 11.3 Å². The molecule has 120 valence electrons. The van der Waals surface area contributed by atoms with Gasteiger partial charge in [-0.3, -0.25) is 4.79 Å². The summed E-state index contributed by atoms with van der Waals surface area (Å²) < 4.78 is 5.41. The van der Waals surface area contributed by atoms with Gasteiger partial charge in [0.25, 0.3) is 0 Å². The molecule has 1 aromatic rings. The molecule has 2 aliphatic rings. The lowest BCUT2D eigenvalue weighted by molar-refractivity contribution is -0.125. The van der Waals surface area contributed by atoms with E-state index >= 15 is 0 Å². The SMILES string of the molecule is COC[C@@H]1CN(C)C[C@]12CCN(C(=O)/C=C/c1cccs1)C2. The number of nitrogens with zero attached hydrogens (tertiary/aromatic N) is 2. The van der Waals surface area contributed by atoms with Crippen LogP contribution in [0.4, 0.5) is 0 Å². The van der Waals surface area contributed by atoms with Gasteiger partial charge >= 0.3 is 0 Å². The van der Waals surface area contributed by atoms with Crippen molar-refractivity contribution < 1.29 is 9.53 Å². The molecule has 22 heavy (non-hydrogen) atoms. The summed E-state index contributed by atoms with van der Waals surface area (Å²) in [5.74, 6) is 0.664. The first kappa shape index (κ1) is 15.7. The third-order valence-electron chi connectivity index (χ3n) is 4.98. The number of thiophene rings is 1. The lowest BCUT2D eigenvalue weighted by atomic mass is 9.78. The van der Waals surface area contributed by atoms with Gasteiger partial charge < -0.3 is 14.5 Å². The van der Waals surface area contributed by atoms with Crippen LogP contribution < -0.4 is 0 Å². The van der Waals surface area contributed by atoms with Crippen molar-refractivity contribution in [2.45, 2.75) is 6.42 Å². The van der Waals surface area contributed by atoms with Crippen molar-refractivity contribution in [3.63, 3.8) is 0 Å². The highest BCUT2D eigenvalue weighted by molar-refractivity contribution is 7.10.